The summed E-state index contributed by atoms with van der Waals surface area (Å²) >= 11 is 5.89. The first-order valence-corrected chi connectivity index (χ1v) is 11.1. The molecule has 6 rings (SSSR count). The molecule has 7 nitrogen and oxygen atoms in total. The molecule has 178 valence electrons. The van der Waals surface area contributed by atoms with Crippen LogP contribution in [0, 0.1) is 0 Å². The number of benzene rings is 1. The molecule has 1 amide bonds. The normalized spacial score (nSPS) is 30.6. The molecule has 1 aromatic carbocycles. The summed E-state index contributed by atoms with van der Waals surface area (Å²) < 4.78 is 52.5. The Morgan fingerprint density at radius 3 is 2.39 bits per heavy atom. The van der Waals surface area contributed by atoms with Gasteiger partial charge >= 0.3 is 6.36 Å². The van der Waals surface area contributed by atoms with Gasteiger partial charge in [0.15, 0.2) is 5.60 Å². The van der Waals surface area contributed by atoms with Crippen molar-refractivity contribution in [3.8, 4) is 5.75 Å². The fourth-order valence-corrected chi connectivity index (χ4v) is 5.17. The summed E-state index contributed by atoms with van der Waals surface area (Å²) in [6.07, 6.45) is -3.06. The number of alkyl halides is 3. The predicted octanol–water partition coefficient (Wildman–Crippen LogP) is 4.65. The lowest BCUT2D eigenvalue weighted by molar-refractivity contribution is -0.352. The maximum atomic E-state index is 12.9. The second kappa shape index (κ2) is 7.33. The number of halogens is 4. The fraction of sp³-hybridized carbons (Fsp3) is 0.591. The van der Waals surface area contributed by atoms with Gasteiger partial charge in [-0.15, -0.1) is 23.4 Å². The molecule has 11 heteroatoms. The molecule has 0 radical (unpaired) electrons. The molecule has 1 heterocycles. The first-order valence-electron chi connectivity index (χ1n) is 10.7. The number of rotatable bonds is 7. The Morgan fingerprint density at radius 1 is 1.15 bits per heavy atom. The minimum absolute atomic E-state index is 0.205. The molecule has 0 spiro atoms. The van der Waals surface area contributed by atoms with Crippen LogP contribution in [0.4, 0.5) is 13.2 Å². The summed E-state index contributed by atoms with van der Waals surface area (Å²) in [6.45, 7) is 3.41. The van der Waals surface area contributed by atoms with E-state index in [1.807, 2.05) is 0 Å². The third-order valence-electron chi connectivity index (χ3n) is 6.78. The Kier molecular flexibility index (Phi) is 4.99. The first kappa shape index (κ1) is 22.5. The highest BCUT2D eigenvalue weighted by Crippen LogP contribution is 2.67. The number of hydrogen-bond acceptors (Lipinski definition) is 6. The SMILES string of the molecule is CC(C)(Oc1ccc(Cl)cc1)C(=O)NC12CC(c3nnc([C@H]4C[C@@H](OC(F)(F)F)C4)o3)(C1)C2. The Labute approximate surface area is 193 Å². The quantitative estimate of drug-likeness (QED) is 0.614. The zero-order chi connectivity index (χ0) is 23.6. The second-order valence-corrected chi connectivity index (χ2v) is 10.3. The number of nitrogens with one attached hydrogen (secondary N) is 1. The standard InChI is InChI=1S/C22H23ClF3N3O4/c1-19(2,32-14-5-3-13(23)4-6-14)17(30)27-21-9-20(10-21,11-21)18-29-28-16(31-18)12-7-15(8-12)33-22(24,25)26/h3-6,12,15H,7-11H2,1-2H3,(H,27,30)/t12-,15+,20?,21?. The summed E-state index contributed by atoms with van der Waals surface area (Å²) in [4.78, 5) is 12.9. The van der Waals surface area contributed by atoms with Crippen LogP contribution in [0.25, 0.3) is 0 Å². The summed E-state index contributed by atoms with van der Waals surface area (Å²) in [6, 6.07) is 6.81. The molecule has 4 aliphatic rings. The van der Waals surface area contributed by atoms with Crippen molar-refractivity contribution < 1.29 is 31.9 Å². The highest BCUT2D eigenvalue weighted by Gasteiger charge is 2.72. The van der Waals surface area contributed by atoms with Crippen LogP contribution in [0.2, 0.25) is 5.02 Å². The number of amides is 1. The summed E-state index contributed by atoms with van der Waals surface area (Å²) in [5.41, 5.74) is -1.67. The Bertz CT molecular complexity index is 1040. The fourth-order valence-electron chi connectivity index (χ4n) is 5.05. The number of carbonyl (C=O) groups excluding carboxylic acids is 1. The molecule has 33 heavy (non-hydrogen) atoms. The summed E-state index contributed by atoms with van der Waals surface area (Å²) in [5.74, 6) is 0.955. The monoisotopic (exact) mass is 485 g/mol. The van der Waals surface area contributed by atoms with Crippen molar-refractivity contribution in [2.45, 2.75) is 80.9 Å². The average Bonchev–Trinajstić information content (AvgIpc) is 3.09. The molecule has 0 unspecified atom stereocenters. The molecule has 0 atom stereocenters. The zero-order valence-electron chi connectivity index (χ0n) is 18.0. The summed E-state index contributed by atoms with van der Waals surface area (Å²) in [7, 11) is 0. The van der Waals surface area contributed by atoms with Crippen LogP contribution >= 0.6 is 11.6 Å². The van der Waals surface area contributed by atoms with E-state index in [-0.39, 0.29) is 35.6 Å². The van der Waals surface area contributed by atoms with E-state index in [2.05, 4.69) is 20.3 Å². The van der Waals surface area contributed by atoms with Crippen molar-refractivity contribution in [1.29, 1.82) is 0 Å². The van der Waals surface area contributed by atoms with E-state index in [4.69, 9.17) is 20.8 Å². The first-order chi connectivity index (χ1) is 15.4. The predicted molar refractivity (Wildman–Crippen MR) is 110 cm³/mol. The van der Waals surface area contributed by atoms with Crippen LogP contribution in [0.15, 0.2) is 28.7 Å². The van der Waals surface area contributed by atoms with Gasteiger partial charge < -0.3 is 14.5 Å². The molecule has 0 saturated heterocycles. The van der Waals surface area contributed by atoms with Gasteiger partial charge in [-0.25, -0.2) is 0 Å². The highest BCUT2D eigenvalue weighted by molar-refractivity contribution is 6.30. The van der Waals surface area contributed by atoms with E-state index < -0.39 is 18.1 Å². The Hall–Kier alpha value is -2.33. The maximum absolute atomic E-state index is 12.9. The lowest BCUT2D eigenvalue weighted by Gasteiger charge is -2.68. The van der Waals surface area contributed by atoms with Gasteiger partial charge in [0.05, 0.1) is 11.5 Å². The van der Waals surface area contributed by atoms with Gasteiger partial charge in [0.1, 0.15) is 5.75 Å². The van der Waals surface area contributed by atoms with Crippen molar-refractivity contribution in [3.05, 3.63) is 41.1 Å². The van der Waals surface area contributed by atoms with Crippen LogP contribution in [-0.2, 0) is 14.9 Å². The van der Waals surface area contributed by atoms with Crippen molar-refractivity contribution in [3.63, 3.8) is 0 Å². The molecular formula is C22H23ClF3N3O4. The van der Waals surface area contributed by atoms with Gasteiger partial charge in [0.2, 0.25) is 11.8 Å². The molecule has 1 N–H and O–H groups in total. The Balaban J connectivity index is 1.13. The van der Waals surface area contributed by atoms with E-state index >= 15 is 0 Å². The summed E-state index contributed by atoms with van der Waals surface area (Å²) in [5, 5.41) is 11.9. The average molecular weight is 486 g/mol. The van der Waals surface area contributed by atoms with Crippen LogP contribution in [0.1, 0.15) is 63.7 Å². The second-order valence-electron chi connectivity index (χ2n) is 9.91. The van der Waals surface area contributed by atoms with E-state index in [1.165, 1.54) is 0 Å². The van der Waals surface area contributed by atoms with Gasteiger partial charge in [-0.3, -0.25) is 9.53 Å². The number of nitrogens with zero attached hydrogens (tertiary/aromatic N) is 2. The minimum Gasteiger partial charge on any atom is -0.478 e. The van der Waals surface area contributed by atoms with E-state index in [0.717, 1.165) is 0 Å². The number of aromatic nitrogens is 2. The minimum atomic E-state index is -4.63. The van der Waals surface area contributed by atoms with Crippen molar-refractivity contribution in [2.75, 3.05) is 0 Å². The van der Waals surface area contributed by atoms with Crippen molar-refractivity contribution in [2.24, 2.45) is 0 Å². The largest absolute Gasteiger partial charge is 0.522 e. The lowest BCUT2D eigenvalue weighted by Crippen LogP contribution is -2.78. The molecule has 4 saturated carbocycles. The van der Waals surface area contributed by atoms with Gasteiger partial charge in [0.25, 0.3) is 5.91 Å². The van der Waals surface area contributed by atoms with Crippen molar-refractivity contribution in [1.82, 2.24) is 15.5 Å². The van der Waals surface area contributed by atoms with E-state index in [9.17, 15) is 18.0 Å². The third-order valence-corrected chi connectivity index (χ3v) is 7.03. The van der Waals surface area contributed by atoms with Gasteiger partial charge in [-0.1, -0.05) is 11.6 Å². The smallest absolute Gasteiger partial charge is 0.478 e. The third kappa shape index (κ3) is 4.19. The van der Waals surface area contributed by atoms with Gasteiger partial charge in [-0.05, 0) is 70.2 Å². The van der Waals surface area contributed by atoms with E-state index in [1.54, 1.807) is 38.1 Å². The topological polar surface area (TPSA) is 86.5 Å². The molecule has 4 fully saturated rings. The lowest BCUT2D eigenvalue weighted by atomic mass is 9.39. The van der Waals surface area contributed by atoms with Crippen LogP contribution < -0.4 is 10.1 Å². The zero-order valence-corrected chi connectivity index (χ0v) is 18.8. The van der Waals surface area contributed by atoms with Gasteiger partial charge in [-0.2, -0.15) is 0 Å². The number of hydrogen-bond donors (Lipinski definition) is 1. The van der Waals surface area contributed by atoms with Crippen molar-refractivity contribution >= 4 is 17.5 Å². The highest BCUT2D eigenvalue weighted by atomic mass is 35.5. The van der Waals surface area contributed by atoms with E-state index in [0.29, 0.717) is 41.8 Å². The molecule has 2 aromatic rings. The maximum Gasteiger partial charge on any atom is 0.522 e. The molecular weight excluding hydrogens is 463 g/mol. The number of carbonyl (C=O) groups is 1. The van der Waals surface area contributed by atoms with Crippen LogP contribution in [0.5, 0.6) is 5.75 Å². The van der Waals surface area contributed by atoms with Gasteiger partial charge in [0, 0.05) is 16.5 Å². The molecule has 4 aliphatic carbocycles. The molecule has 0 aliphatic heterocycles. The molecule has 2 bridgehead atoms. The number of ether oxygens (including phenoxy) is 2. The molecule has 1 aromatic heterocycles. The van der Waals surface area contributed by atoms with Crippen LogP contribution in [0.3, 0.4) is 0 Å². The Morgan fingerprint density at radius 2 is 1.79 bits per heavy atom. The van der Waals surface area contributed by atoms with Crippen LogP contribution in [-0.4, -0.2) is 39.7 Å².